The van der Waals surface area contributed by atoms with Crippen LogP contribution in [0.3, 0.4) is 0 Å². The summed E-state index contributed by atoms with van der Waals surface area (Å²) in [6, 6.07) is 14.0. The van der Waals surface area contributed by atoms with Crippen molar-refractivity contribution in [3.63, 3.8) is 0 Å². The van der Waals surface area contributed by atoms with Crippen LogP contribution in [0.4, 0.5) is 8.78 Å². The lowest BCUT2D eigenvalue weighted by Gasteiger charge is -2.19. The second kappa shape index (κ2) is 11.3. The van der Waals surface area contributed by atoms with E-state index < -0.39 is 29.2 Å². The molecule has 0 saturated carbocycles. The summed E-state index contributed by atoms with van der Waals surface area (Å²) in [7, 11) is 0. The number of hydrogen-bond donors (Lipinski definition) is 3. The van der Waals surface area contributed by atoms with Gasteiger partial charge < -0.3 is 15.8 Å². The highest BCUT2D eigenvalue weighted by Crippen LogP contribution is 2.29. The van der Waals surface area contributed by atoms with Gasteiger partial charge in [-0.1, -0.05) is 30.3 Å². The number of rotatable bonds is 8. The molecule has 3 rings (SSSR count). The van der Waals surface area contributed by atoms with Crippen LogP contribution in [0, 0.1) is 17.0 Å². The van der Waals surface area contributed by atoms with Gasteiger partial charge >= 0.3 is 0 Å². The Labute approximate surface area is 190 Å². The first kappa shape index (κ1) is 24.9. The molecule has 6 nitrogen and oxygen atoms in total. The Morgan fingerprint density at radius 1 is 1.16 bits per heavy atom. The van der Waals surface area contributed by atoms with E-state index in [2.05, 4.69) is 10.3 Å². The lowest BCUT2D eigenvalue weighted by molar-refractivity contribution is -0.133. The van der Waals surface area contributed by atoms with E-state index in [1.165, 1.54) is 6.20 Å². The summed E-state index contributed by atoms with van der Waals surface area (Å²) in [4.78, 5) is 16.8. The first-order chi connectivity index (χ1) is 14.9. The van der Waals surface area contributed by atoms with E-state index in [-0.39, 0.29) is 37.0 Å². The van der Waals surface area contributed by atoms with Gasteiger partial charge in [0.25, 0.3) is 5.91 Å². The molecule has 2 aromatic carbocycles. The van der Waals surface area contributed by atoms with E-state index in [1.807, 2.05) is 0 Å². The molecule has 1 amide bonds. The van der Waals surface area contributed by atoms with Crippen molar-refractivity contribution in [2.75, 3.05) is 6.61 Å². The number of amidine groups is 1. The van der Waals surface area contributed by atoms with Crippen molar-refractivity contribution in [2.24, 2.45) is 5.73 Å². The minimum Gasteiger partial charge on any atom is -0.384 e. The SMILES string of the molecule is CCO[C@H](C(=O)NCc1ccc(C(=N)N)cc1)c1c(F)cc(-c2ccccn2)cc1F.Cl. The first-order valence-electron chi connectivity index (χ1n) is 9.63. The van der Waals surface area contributed by atoms with Crippen LogP contribution in [0.25, 0.3) is 11.3 Å². The minimum atomic E-state index is -1.45. The largest absolute Gasteiger partial charge is 0.384 e. The fourth-order valence-electron chi connectivity index (χ4n) is 3.06. The van der Waals surface area contributed by atoms with Crippen molar-refractivity contribution in [1.82, 2.24) is 10.3 Å². The third-order valence-electron chi connectivity index (χ3n) is 4.61. The molecule has 168 valence electrons. The van der Waals surface area contributed by atoms with Gasteiger partial charge in [-0.05, 0) is 36.8 Å². The van der Waals surface area contributed by atoms with Crippen molar-refractivity contribution in [1.29, 1.82) is 5.41 Å². The zero-order chi connectivity index (χ0) is 22.4. The number of nitrogens with one attached hydrogen (secondary N) is 2. The Morgan fingerprint density at radius 2 is 1.81 bits per heavy atom. The average Bonchev–Trinajstić information content (AvgIpc) is 2.77. The molecule has 9 heteroatoms. The van der Waals surface area contributed by atoms with Crippen LogP contribution in [0.5, 0.6) is 0 Å². The van der Waals surface area contributed by atoms with Gasteiger partial charge in [0.2, 0.25) is 0 Å². The number of nitrogens with two attached hydrogens (primary N) is 1. The predicted molar refractivity (Wildman–Crippen MR) is 121 cm³/mol. The fourth-order valence-corrected chi connectivity index (χ4v) is 3.06. The van der Waals surface area contributed by atoms with E-state index in [0.29, 0.717) is 11.3 Å². The van der Waals surface area contributed by atoms with Gasteiger partial charge in [-0.3, -0.25) is 15.2 Å². The standard InChI is InChI=1S/C23H22F2N4O2.ClH/c1-2-31-21(23(30)29-13-14-6-8-15(9-7-14)22(26)27)20-17(24)11-16(12-18(20)25)19-5-3-4-10-28-19;/h3-12,21H,2,13H2,1H3,(H3,26,27)(H,29,30);1H/t21-;/m0./s1. The number of ether oxygens (including phenoxy) is 1. The Bertz CT molecular complexity index is 1060. The molecule has 0 aliphatic heterocycles. The molecule has 0 spiro atoms. The van der Waals surface area contributed by atoms with Crippen LogP contribution in [0.2, 0.25) is 0 Å². The van der Waals surface area contributed by atoms with Crippen LogP contribution in [-0.2, 0) is 16.1 Å². The van der Waals surface area contributed by atoms with Gasteiger partial charge in [-0.2, -0.15) is 0 Å². The second-order valence-corrected chi connectivity index (χ2v) is 6.73. The maximum absolute atomic E-state index is 14.9. The third-order valence-corrected chi connectivity index (χ3v) is 4.61. The number of halogens is 3. The van der Waals surface area contributed by atoms with Gasteiger partial charge in [0.15, 0.2) is 6.10 Å². The molecule has 1 heterocycles. The minimum absolute atomic E-state index is 0. The zero-order valence-electron chi connectivity index (χ0n) is 17.3. The number of amides is 1. The maximum Gasteiger partial charge on any atom is 0.254 e. The third kappa shape index (κ3) is 5.87. The van der Waals surface area contributed by atoms with Crippen molar-refractivity contribution in [2.45, 2.75) is 19.6 Å². The molecule has 1 atom stereocenters. The van der Waals surface area contributed by atoms with E-state index in [4.69, 9.17) is 15.9 Å². The van der Waals surface area contributed by atoms with Crippen molar-refractivity contribution >= 4 is 24.1 Å². The lowest BCUT2D eigenvalue weighted by atomic mass is 10.0. The number of pyridine rings is 1. The monoisotopic (exact) mass is 460 g/mol. The van der Waals surface area contributed by atoms with Gasteiger partial charge in [0, 0.05) is 30.5 Å². The molecule has 32 heavy (non-hydrogen) atoms. The van der Waals surface area contributed by atoms with E-state index in [9.17, 15) is 13.6 Å². The molecular formula is C23H23ClF2N4O2. The number of carbonyl (C=O) groups excluding carboxylic acids is 1. The summed E-state index contributed by atoms with van der Waals surface area (Å²) in [5, 5.41) is 10.0. The molecule has 0 bridgehead atoms. The number of benzene rings is 2. The van der Waals surface area contributed by atoms with Crippen LogP contribution < -0.4 is 11.1 Å². The molecule has 1 aromatic heterocycles. The summed E-state index contributed by atoms with van der Waals surface area (Å²) in [5.41, 5.74) is 6.94. The molecule has 0 saturated heterocycles. The van der Waals surface area contributed by atoms with Crippen molar-refractivity contribution in [3.05, 3.63) is 89.1 Å². The van der Waals surface area contributed by atoms with Crippen LogP contribution in [0.1, 0.15) is 29.7 Å². The second-order valence-electron chi connectivity index (χ2n) is 6.73. The molecule has 0 radical (unpaired) electrons. The summed E-state index contributed by atoms with van der Waals surface area (Å²) in [6.45, 7) is 1.85. The zero-order valence-corrected chi connectivity index (χ0v) is 18.1. The summed E-state index contributed by atoms with van der Waals surface area (Å²) in [5.74, 6) is -2.51. The van der Waals surface area contributed by atoms with Crippen molar-refractivity contribution in [3.8, 4) is 11.3 Å². The smallest absolute Gasteiger partial charge is 0.254 e. The number of nitrogen functional groups attached to an aromatic ring is 1. The molecule has 4 N–H and O–H groups in total. The summed E-state index contributed by atoms with van der Waals surface area (Å²) < 4.78 is 35.1. The van der Waals surface area contributed by atoms with Crippen molar-refractivity contribution < 1.29 is 18.3 Å². The van der Waals surface area contributed by atoms with E-state index >= 15 is 0 Å². The maximum atomic E-state index is 14.9. The molecule has 0 unspecified atom stereocenters. The lowest BCUT2D eigenvalue weighted by Crippen LogP contribution is -2.31. The van der Waals surface area contributed by atoms with E-state index in [0.717, 1.165) is 17.7 Å². The Balaban J connectivity index is 0.00000363. The molecule has 3 aromatic rings. The number of nitrogens with zero attached hydrogens (tertiary/aromatic N) is 1. The Hall–Kier alpha value is -3.36. The number of aromatic nitrogens is 1. The quantitative estimate of drug-likeness (QED) is 0.347. The fraction of sp³-hybridized carbons (Fsp3) is 0.174. The van der Waals surface area contributed by atoms with Crippen LogP contribution >= 0.6 is 12.4 Å². The molecular weight excluding hydrogens is 438 g/mol. The normalized spacial score (nSPS) is 11.3. The Kier molecular flexibility index (Phi) is 8.80. The number of carbonyl (C=O) groups is 1. The molecule has 0 aliphatic carbocycles. The van der Waals surface area contributed by atoms with E-state index in [1.54, 1.807) is 49.4 Å². The highest BCUT2D eigenvalue weighted by atomic mass is 35.5. The number of hydrogen-bond acceptors (Lipinski definition) is 4. The highest BCUT2D eigenvalue weighted by molar-refractivity contribution is 5.94. The predicted octanol–water partition coefficient (Wildman–Crippen LogP) is 4.13. The molecule has 0 fully saturated rings. The summed E-state index contributed by atoms with van der Waals surface area (Å²) in [6.07, 6.45) is 0.0811. The van der Waals surface area contributed by atoms with Gasteiger partial charge in [0.05, 0.1) is 11.3 Å². The van der Waals surface area contributed by atoms with Crippen LogP contribution in [-0.4, -0.2) is 23.3 Å². The van der Waals surface area contributed by atoms with Crippen LogP contribution in [0.15, 0.2) is 60.8 Å². The van der Waals surface area contributed by atoms with Gasteiger partial charge in [-0.25, -0.2) is 8.78 Å². The Morgan fingerprint density at radius 3 is 2.34 bits per heavy atom. The average molecular weight is 461 g/mol. The first-order valence-corrected chi connectivity index (χ1v) is 9.63. The van der Waals surface area contributed by atoms with Gasteiger partial charge in [-0.15, -0.1) is 12.4 Å². The van der Waals surface area contributed by atoms with Gasteiger partial charge in [0.1, 0.15) is 17.5 Å². The topological polar surface area (TPSA) is 101 Å². The highest BCUT2D eigenvalue weighted by Gasteiger charge is 2.28. The molecule has 0 aliphatic rings. The summed E-state index contributed by atoms with van der Waals surface area (Å²) >= 11 is 0.